The minimum Gasteiger partial charge on any atom is -0.298 e. The van der Waals surface area contributed by atoms with Crippen molar-refractivity contribution in [2.45, 2.75) is 0 Å². The van der Waals surface area contributed by atoms with Gasteiger partial charge >= 0.3 is 0 Å². The smallest absolute Gasteiger partial charge is 0.145 e. The number of hydrogen-bond acceptors (Lipinski definition) is 3. The lowest BCUT2D eigenvalue weighted by atomic mass is 9.99. The highest BCUT2D eigenvalue weighted by Crippen LogP contribution is 2.33. The van der Waals surface area contributed by atoms with E-state index in [0.29, 0.717) is 0 Å². The van der Waals surface area contributed by atoms with Crippen LogP contribution in [0.2, 0.25) is 0 Å². The van der Waals surface area contributed by atoms with Gasteiger partial charge < -0.3 is 0 Å². The number of fused-ring (bicyclic) bond motifs is 2. The first-order valence-corrected chi connectivity index (χ1v) is 14.0. The number of pyridine rings is 1. The number of rotatable bonds is 5. The summed E-state index contributed by atoms with van der Waals surface area (Å²) >= 11 is 0. The predicted octanol–water partition coefficient (Wildman–Crippen LogP) is 8.76. The van der Waals surface area contributed by atoms with Crippen LogP contribution in [0.15, 0.2) is 152 Å². The van der Waals surface area contributed by atoms with E-state index in [9.17, 15) is 0 Å². The Morgan fingerprint density at radius 3 is 2.07 bits per heavy atom. The molecule has 3 heterocycles. The fourth-order valence-corrected chi connectivity index (χ4v) is 5.68. The van der Waals surface area contributed by atoms with Crippen molar-refractivity contribution in [3.63, 3.8) is 0 Å². The van der Waals surface area contributed by atoms with Crippen molar-refractivity contribution >= 4 is 22.1 Å². The molecule has 0 fully saturated rings. The summed E-state index contributed by atoms with van der Waals surface area (Å²) in [4.78, 5) is 14.5. The molecular formula is C37H25N5. The van der Waals surface area contributed by atoms with Gasteiger partial charge in [0.2, 0.25) is 0 Å². The second-order valence-corrected chi connectivity index (χ2v) is 10.2. The van der Waals surface area contributed by atoms with Gasteiger partial charge in [-0.05, 0) is 54.1 Å². The number of benzene rings is 5. The number of nitrogens with zero attached hydrogens (tertiary/aromatic N) is 5. The average molecular weight is 540 g/mol. The Kier molecular flexibility index (Phi) is 5.71. The summed E-state index contributed by atoms with van der Waals surface area (Å²) in [7, 11) is 0. The van der Waals surface area contributed by atoms with Crippen molar-refractivity contribution in [2.24, 2.45) is 0 Å². The molecular weight excluding hydrogens is 514 g/mol. The maximum Gasteiger partial charge on any atom is 0.145 e. The zero-order chi connectivity index (χ0) is 27.9. The molecule has 0 saturated carbocycles. The molecule has 0 bridgehead atoms. The maximum absolute atomic E-state index is 4.96. The molecule has 0 unspecified atom stereocenters. The summed E-state index contributed by atoms with van der Waals surface area (Å²) < 4.78 is 4.34. The van der Waals surface area contributed by atoms with Crippen LogP contribution in [0.1, 0.15) is 0 Å². The summed E-state index contributed by atoms with van der Waals surface area (Å²) in [6.07, 6.45) is 3.84. The zero-order valence-corrected chi connectivity index (χ0v) is 22.7. The second kappa shape index (κ2) is 9.98. The maximum atomic E-state index is 4.96. The SMILES string of the molecule is c1ccc(-c2nc3ccccc3n2-c2ccc(-c3cccc(-c4ccccc4-n4cnc5ccccc54)c3)nc2)cc1. The summed E-state index contributed by atoms with van der Waals surface area (Å²) in [6.45, 7) is 0. The molecule has 0 aliphatic rings. The van der Waals surface area contributed by atoms with Crippen molar-refractivity contribution < 1.29 is 0 Å². The lowest BCUT2D eigenvalue weighted by Crippen LogP contribution is -1.99. The molecule has 42 heavy (non-hydrogen) atoms. The van der Waals surface area contributed by atoms with E-state index in [4.69, 9.17) is 9.97 Å². The van der Waals surface area contributed by atoms with Gasteiger partial charge in [0.15, 0.2) is 0 Å². The standard InChI is InChI=1S/C37H25N5/c1-2-11-26(12-3-1)37-40-33-17-6-9-20-36(33)42(37)29-21-22-31(38-24-29)28-14-10-13-27(23-28)30-15-4-7-18-34(30)41-25-39-32-16-5-8-19-35(32)41/h1-25H. The minimum atomic E-state index is 0.900. The summed E-state index contributed by atoms with van der Waals surface area (Å²) in [5.41, 5.74) is 11.4. The first-order valence-electron chi connectivity index (χ1n) is 14.0. The van der Waals surface area contributed by atoms with Crippen molar-refractivity contribution in [3.05, 3.63) is 152 Å². The topological polar surface area (TPSA) is 48.5 Å². The lowest BCUT2D eigenvalue weighted by molar-refractivity contribution is 1.08. The van der Waals surface area contributed by atoms with Gasteiger partial charge in [-0.1, -0.05) is 91.0 Å². The molecule has 5 aromatic carbocycles. The van der Waals surface area contributed by atoms with Crippen LogP contribution >= 0.6 is 0 Å². The molecule has 0 radical (unpaired) electrons. The monoisotopic (exact) mass is 539 g/mol. The van der Waals surface area contributed by atoms with Crippen LogP contribution in [-0.2, 0) is 0 Å². The summed E-state index contributed by atoms with van der Waals surface area (Å²) in [5, 5.41) is 0. The van der Waals surface area contributed by atoms with Gasteiger partial charge in [-0.2, -0.15) is 0 Å². The second-order valence-electron chi connectivity index (χ2n) is 10.2. The molecule has 3 aromatic heterocycles. The van der Waals surface area contributed by atoms with Crippen molar-refractivity contribution in [3.8, 4) is 45.1 Å². The fourth-order valence-electron chi connectivity index (χ4n) is 5.68. The molecule has 0 N–H and O–H groups in total. The normalized spacial score (nSPS) is 11.3. The molecule has 0 aliphatic carbocycles. The summed E-state index contributed by atoms with van der Waals surface area (Å²) in [6, 6.07) is 48.0. The molecule has 5 nitrogen and oxygen atoms in total. The van der Waals surface area contributed by atoms with Gasteiger partial charge in [-0.15, -0.1) is 0 Å². The molecule has 0 amide bonds. The first kappa shape index (κ1) is 24.0. The zero-order valence-electron chi connectivity index (χ0n) is 22.7. The van der Waals surface area contributed by atoms with E-state index >= 15 is 0 Å². The van der Waals surface area contributed by atoms with E-state index in [0.717, 1.165) is 67.2 Å². The van der Waals surface area contributed by atoms with E-state index in [-0.39, 0.29) is 0 Å². The molecule has 0 atom stereocenters. The van der Waals surface area contributed by atoms with E-state index in [2.05, 4.69) is 111 Å². The van der Waals surface area contributed by atoms with Crippen LogP contribution in [0.25, 0.3) is 67.2 Å². The highest BCUT2D eigenvalue weighted by atomic mass is 15.1. The first-order chi connectivity index (χ1) is 20.8. The van der Waals surface area contributed by atoms with Gasteiger partial charge in [0, 0.05) is 16.7 Å². The third-order valence-electron chi connectivity index (χ3n) is 7.69. The van der Waals surface area contributed by atoms with Gasteiger partial charge in [0.1, 0.15) is 12.2 Å². The molecule has 8 rings (SSSR count). The molecule has 0 saturated heterocycles. The lowest BCUT2D eigenvalue weighted by Gasteiger charge is -2.13. The number of para-hydroxylation sites is 5. The summed E-state index contributed by atoms with van der Waals surface area (Å²) in [5.74, 6) is 0.900. The largest absolute Gasteiger partial charge is 0.298 e. The molecule has 8 aromatic rings. The Morgan fingerprint density at radius 2 is 1.21 bits per heavy atom. The van der Waals surface area contributed by atoms with Crippen LogP contribution in [0.4, 0.5) is 0 Å². The van der Waals surface area contributed by atoms with Crippen LogP contribution in [0.5, 0.6) is 0 Å². The third-order valence-corrected chi connectivity index (χ3v) is 7.69. The van der Waals surface area contributed by atoms with Gasteiger partial charge in [-0.3, -0.25) is 14.1 Å². The Hall–Kier alpha value is -5.81. The van der Waals surface area contributed by atoms with Gasteiger partial charge in [0.05, 0.1) is 45.3 Å². The molecule has 5 heteroatoms. The van der Waals surface area contributed by atoms with Crippen LogP contribution in [0, 0.1) is 0 Å². The van der Waals surface area contributed by atoms with E-state index in [1.807, 2.05) is 55.0 Å². The van der Waals surface area contributed by atoms with E-state index < -0.39 is 0 Å². The highest BCUT2D eigenvalue weighted by molar-refractivity contribution is 5.84. The quantitative estimate of drug-likeness (QED) is 0.220. The number of hydrogen-bond donors (Lipinski definition) is 0. The Morgan fingerprint density at radius 1 is 0.500 bits per heavy atom. The fraction of sp³-hybridized carbons (Fsp3) is 0. The van der Waals surface area contributed by atoms with E-state index in [1.165, 1.54) is 0 Å². The van der Waals surface area contributed by atoms with Crippen LogP contribution in [0.3, 0.4) is 0 Å². The van der Waals surface area contributed by atoms with Crippen molar-refractivity contribution in [1.29, 1.82) is 0 Å². The van der Waals surface area contributed by atoms with Crippen molar-refractivity contribution in [2.75, 3.05) is 0 Å². The van der Waals surface area contributed by atoms with Crippen molar-refractivity contribution in [1.82, 2.24) is 24.1 Å². The third kappa shape index (κ3) is 4.07. The van der Waals surface area contributed by atoms with Crippen LogP contribution < -0.4 is 0 Å². The predicted molar refractivity (Wildman–Crippen MR) is 170 cm³/mol. The number of imidazole rings is 2. The van der Waals surface area contributed by atoms with E-state index in [1.54, 1.807) is 0 Å². The number of aromatic nitrogens is 5. The van der Waals surface area contributed by atoms with Gasteiger partial charge in [0.25, 0.3) is 0 Å². The molecule has 0 spiro atoms. The molecule has 198 valence electrons. The van der Waals surface area contributed by atoms with Gasteiger partial charge in [-0.25, -0.2) is 9.97 Å². The Bertz CT molecular complexity index is 2190. The van der Waals surface area contributed by atoms with Crippen LogP contribution in [-0.4, -0.2) is 24.1 Å². The minimum absolute atomic E-state index is 0.900. The average Bonchev–Trinajstić information content (AvgIpc) is 3.68. The highest BCUT2D eigenvalue weighted by Gasteiger charge is 2.15. The Balaban J connectivity index is 1.19. The Labute approximate surface area is 243 Å². The molecule has 0 aliphatic heterocycles.